The van der Waals surface area contributed by atoms with E-state index in [9.17, 15) is 10.2 Å². The number of rotatable bonds is 2. The average Bonchev–Trinajstić information content (AvgIpc) is 2.56. The summed E-state index contributed by atoms with van der Waals surface area (Å²) in [6.45, 7) is 0. The zero-order valence-corrected chi connectivity index (χ0v) is 9.76. The maximum absolute atomic E-state index is 10.5. The van der Waals surface area contributed by atoms with Gasteiger partial charge in [0.05, 0.1) is 11.8 Å². The van der Waals surface area contributed by atoms with Crippen molar-refractivity contribution < 1.29 is 10.2 Å². The highest BCUT2D eigenvalue weighted by molar-refractivity contribution is 5.13. The first-order valence-electron chi connectivity index (χ1n) is 6.01. The molecule has 1 atom stereocenters. The van der Waals surface area contributed by atoms with Gasteiger partial charge in [0.2, 0.25) is 0 Å². The molecule has 1 unspecified atom stereocenters. The third-order valence-electron chi connectivity index (χ3n) is 3.52. The Labute approximate surface area is 95.9 Å². The smallest absolute Gasteiger partial charge is 0.111 e. The zero-order valence-electron chi connectivity index (χ0n) is 9.76. The van der Waals surface area contributed by atoms with Crippen LogP contribution in [0.2, 0.25) is 0 Å². The van der Waals surface area contributed by atoms with Crippen LogP contribution in [0, 0.1) is 0 Å². The lowest BCUT2D eigenvalue weighted by Crippen LogP contribution is -2.35. The second kappa shape index (κ2) is 4.55. The minimum Gasteiger partial charge on any atom is -0.387 e. The maximum Gasteiger partial charge on any atom is 0.111 e. The van der Waals surface area contributed by atoms with Crippen LogP contribution in [-0.4, -0.2) is 25.6 Å². The van der Waals surface area contributed by atoms with Crippen molar-refractivity contribution in [3.63, 3.8) is 0 Å². The van der Waals surface area contributed by atoms with E-state index in [2.05, 4.69) is 5.10 Å². The molecule has 0 bridgehead atoms. The Balaban J connectivity index is 2.15. The van der Waals surface area contributed by atoms with Gasteiger partial charge in [0.15, 0.2) is 0 Å². The van der Waals surface area contributed by atoms with Crippen molar-refractivity contribution in [3.8, 4) is 0 Å². The summed E-state index contributed by atoms with van der Waals surface area (Å²) in [6, 6.07) is 0. The molecule has 1 aromatic heterocycles. The van der Waals surface area contributed by atoms with Crippen molar-refractivity contribution in [2.45, 2.75) is 50.2 Å². The SMILES string of the molecule is Cn1cc(C(O)C2(O)CCCCCC2)cn1. The van der Waals surface area contributed by atoms with E-state index in [-0.39, 0.29) is 0 Å². The minimum absolute atomic E-state index is 0.684. The summed E-state index contributed by atoms with van der Waals surface area (Å²) in [7, 11) is 1.81. The van der Waals surface area contributed by atoms with Gasteiger partial charge < -0.3 is 10.2 Å². The number of aliphatic hydroxyl groups is 2. The molecule has 0 aliphatic heterocycles. The van der Waals surface area contributed by atoms with E-state index in [0.29, 0.717) is 18.4 Å². The van der Waals surface area contributed by atoms with Crippen molar-refractivity contribution in [1.82, 2.24) is 9.78 Å². The minimum atomic E-state index is -0.959. The monoisotopic (exact) mass is 224 g/mol. The summed E-state index contributed by atoms with van der Waals surface area (Å²) in [4.78, 5) is 0. The first kappa shape index (κ1) is 11.6. The summed E-state index contributed by atoms with van der Waals surface area (Å²) in [6.07, 6.45) is 8.26. The van der Waals surface area contributed by atoms with E-state index in [0.717, 1.165) is 25.7 Å². The van der Waals surface area contributed by atoms with E-state index in [4.69, 9.17) is 0 Å². The molecule has 1 aliphatic carbocycles. The molecule has 0 spiro atoms. The van der Waals surface area contributed by atoms with Crippen LogP contribution < -0.4 is 0 Å². The van der Waals surface area contributed by atoms with Gasteiger partial charge >= 0.3 is 0 Å². The highest BCUT2D eigenvalue weighted by Gasteiger charge is 2.37. The van der Waals surface area contributed by atoms with E-state index in [1.165, 1.54) is 0 Å². The summed E-state index contributed by atoms with van der Waals surface area (Å²) in [5, 5.41) is 24.8. The number of aryl methyl sites for hydroxylation is 1. The molecule has 2 N–H and O–H groups in total. The van der Waals surface area contributed by atoms with Crippen molar-refractivity contribution in [3.05, 3.63) is 18.0 Å². The first-order chi connectivity index (χ1) is 7.62. The molecule has 4 nitrogen and oxygen atoms in total. The lowest BCUT2D eigenvalue weighted by molar-refractivity contribution is -0.0867. The quantitative estimate of drug-likeness (QED) is 0.749. The summed E-state index contributed by atoms with van der Waals surface area (Å²) >= 11 is 0. The van der Waals surface area contributed by atoms with Gasteiger partial charge in [-0.25, -0.2) is 0 Å². The van der Waals surface area contributed by atoms with Gasteiger partial charge in [0.25, 0.3) is 0 Å². The van der Waals surface area contributed by atoms with Crippen LogP contribution >= 0.6 is 0 Å². The number of aromatic nitrogens is 2. The lowest BCUT2D eigenvalue weighted by atomic mass is 9.86. The van der Waals surface area contributed by atoms with Crippen molar-refractivity contribution in [2.75, 3.05) is 0 Å². The molecular formula is C12H20N2O2. The Kier molecular flexibility index (Phi) is 3.30. The Morgan fingerprint density at radius 2 is 1.94 bits per heavy atom. The van der Waals surface area contributed by atoms with E-state index < -0.39 is 11.7 Å². The number of nitrogens with zero attached hydrogens (tertiary/aromatic N) is 2. The van der Waals surface area contributed by atoms with Crippen molar-refractivity contribution in [1.29, 1.82) is 0 Å². The Hall–Kier alpha value is -0.870. The topological polar surface area (TPSA) is 58.3 Å². The Morgan fingerprint density at radius 1 is 1.31 bits per heavy atom. The van der Waals surface area contributed by atoms with Crippen LogP contribution in [0.15, 0.2) is 12.4 Å². The molecule has 1 saturated carbocycles. The van der Waals surface area contributed by atoms with Crippen LogP contribution in [0.4, 0.5) is 0 Å². The molecule has 0 saturated heterocycles. The number of aliphatic hydroxyl groups excluding tert-OH is 1. The summed E-state index contributed by atoms with van der Waals surface area (Å²) in [5.41, 5.74) is -0.244. The van der Waals surface area contributed by atoms with E-state index in [1.54, 1.807) is 17.1 Å². The fourth-order valence-corrected chi connectivity index (χ4v) is 2.51. The highest BCUT2D eigenvalue weighted by Crippen LogP contribution is 2.37. The van der Waals surface area contributed by atoms with E-state index in [1.807, 2.05) is 7.05 Å². The third kappa shape index (κ3) is 2.28. The van der Waals surface area contributed by atoms with Gasteiger partial charge in [-0.1, -0.05) is 25.7 Å². The molecule has 2 rings (SSSR count). The van der Waals surface area contributed by atoms with Crippen molar-refractivity contribution >= 4 is 0 Å². The summed E-state index contributed by atoms with van der Waals surface area (Å²) < 4.78 is 1.65. The van der Waals surface area contributed by atoms with Gasteiger partial charge in [-0.15, -0.1) is 0 Å². The molecule has 0 aromatic carbocycles. The molecule has 90 valence electrons. The van der Waals surface area contributed by atoms with Crippen LogP contribution in [-0.2, 0) is 7.05 Å². The Bertz CT molecular complexity index is 341. The van der Waals surface area contributed by atoms with Crippen LogP contribution in [0.5, 0.6) is 0 Å². The van der Waals surface area contributed by atoms with Gasteiger partial charge in [0, 0.05) is 18.8 Å². The lowest BCUT2D eigenvalue weighted by Gasteiger charge is -2.31. The molecule has 1 aromatic rings. The number of hydrogen-bond acceptors (Lipinski definition) is 3. The van der Waals surface area contributed by atoms with Crippen LogP contribution in [0.3, 0.4) is 0 Å². The molecular weight excluding hydrogens is 204 g/mol. The normalized spacial score (nSPS) is 22.7. The Morgan fingerprint density at radius 3 is 2.44 bits per heavy atom. The van der Waals surface area contributed by atoms with Gasteiger partial charge in [-0.2, -0.15) is 5.10 Å². The molecule has 4 heteroatoms. The van der Waals surface area contributed by atoms with Gasteiger partial charge in [-0.05, 0) is 12.8 Å². The standard InChI is InChI=1S/C12H20N2O2/c1-14-9-10(8-13-14)11(15)12(16)6-4-2-3-5-7-12/h8-9,11,15-16H,2-7H2,1H3. The second-order valence-electron chi connectivity index (χ2n) is 4.87. The number of hydrogen-bond donors (Lipinski definition) is 2. The zero-order chi connectivity index (χ0) is 11.6. The largest absolute Gasteiger partial charge is 0.387 e. The maximum atomic E-state index is 10.5. The van der Waals surface area contributed by atoms with Crippen LogP contribution in [0.25, 0.3) is 0 Å². The molecule has 1 fully saturated rings. The predicted octanol–water partition coefficient (Wildman–Crippen LogP) is 1.54. The van der Waals surface area contributed by atoms with Gasteiger partial charge in [0.1, 0.15) is 6.10 Å². The highest BCUT2D eigenvalue weighted by atomic mass is 16.3. The third-order valence-corrected chi connectivity index (χ3v) is 3.52. The fraction of sp³-hybridized carbons (Fsp3) is 0.750. The molecule has 0 radical (unpaired) electrons. The molecule has 16 heavy (non-hydrogen) atoms. The second-order valence-corrected chi connectivity index (χ2v) is 4.87. The van der Waals surface area contributed by atoms with Crippen LogP contribution in [0.1, 0.15) is 50.2 Å². The average molecular weight is 224 g/mol. The van der Waals surface area contributed by atoms with E-state index >= 15 is 0 Å². The first-order valence-corrected chi connectivity index (χ1v) is 6.01. The summed E-state index contributed by atoms with van der Waals surface area (Å²) in [5.74, 6) is 0. The predicted molar refractivity (Wildman–Crippen MR) is 60.8 cm³/mol. The van der Waals surface area contributed by atoms with Crippen molar-refractivity contribution in [2.24, 2.45) is 7.05 Å². The molecule has 0 amide bonds. The fourth-order valence-electron chi connectivity index (χ4n) is 2.51. The van der Waals surface area contributed by atoms with Gasteiger partial charge in [-0.3, -0.25) is 4.68 Å². The molecule has 1 aliphatic rings. The molecule has 1 heterocycles.